The van der Waals surface area contributed by atoms with Crippen LogP contribution in [0.15, 0.2) is 0 Å². The Bertz CT molecular complexity index is 226. The second-order valence-corrected chi connectivity index (χ2v) is 4.55. The Labute approximate surface area is 90.3 Å². The minimum Gasteiger partial charge on any atom is -0.349 e. The average molecular weight is 213 g/mol. The van der Waals surface area contributed by atoms with Crippen LogP contribution < -0.4 is 5.32 Å². The highest BCUT2D eigenvalue weighted by molar-refractivity contribution is 5.79. The molecule has 1 heterocycles. The van der Waals surface area contributed by atoms with Crippen molar-refractivity contribution in [2.75, 3.05) is 13.2 Å². The van der Waals surface area contributed by atoms with E-state index in [9.17, 15) is 4.79 Å². The molecule has 86 valence electrons. The molecule has 0 bridgehead atoms. The van der Waals surface area contributed by atoms with Crippen molar-refractivity contribution < 1.29 is 14.3 Å². The number of carbonyl (C=O) groups is 1. The first-order valence-electron chi connectivity index (χ1n) is 5.79. The summed E-state index contributed by atoms with van der Waals surface area (Å²) in [6.07, 6.45) is 3.58. The first-order chi connectivity index (χ1) is 7.25. The summed E-state index contributed by atoms with van der Waals surface area (Å²) >= 11 is 0. The molecular weight excluding hydrogens is 194 g/mol. The van der Waals surface area contributed by atoms with Crippen molar-refractivity contribution in [3.8, 4) is 0 Å². The summed E-state index contributed by atoms with van der Waals surface area (Å²) < 4.78 is 10.5. The van der Waals surface area contributed by atoms with Crippen LogP contribution in [-0.2, 0) is 14.3 Å². The number of ether oxygens (including phenoxy) is 2. The molecule has 4 nitrogen and oxygen atoms in total. The summed E-state index contributed by atoms with van der Waals surface area (Å²) in [5.41, 5.74) is 0. The van der Waals surface area contributed by atoms with Gasteiger partial charge in [-0.25, -0.2) is 0 Å². The summed E-state index contributed by atoms with van der Waals surface area (Å²) in [6, 6.07) is 0.321. The zero-order chi connectivity index (χ0) is 10.7. The molecule has 2 aliphatic rings. The lowest BCUT2D eigenvalue weighted by molar-refractivity contribution is -0.190. The van der Waals surface area contributed by atoms with E-state index in [2.05, 4.69) is 12.2 Å². The van der Waals surface area contributed by atoms with E-state index in [1.165, 1.54) is 6.42 Å². The van der Waals surface area contributed by atoms with Gasteiger partial charge in [-0.05, 0) is 31.6 Å². The molecule has 2 atom stereocenters. The normalized spacial score (nSPS) is 32.9. The van der Waals surface area contributed by atoms with Crippen LogP contribution in [0.25, 0.3) is 0 Å². The first-order valence-corrected chi connectivity index (χ1v) is 5.79. The van der Waals surface area contributed by atoms with Gasteiger partial charge in [-0.15, -0.1) is 0 Å². The monoisotopic (exact) mass is 213 g/mol. The molecule has 4 heteroatoms. The summed E-state index contributed by atoms with van der Waals surface area (Å²) in [4.78, 5) is 11.7. The highest BCUT2D eigenvalue weighted by atomic mass is 16.7. The minimum absolute atomic E-state index is 0.103. The van der Waals surface area contributed by atoms with E-state index in [1.54, 1.807) is 0 Å². The highest BCUT2D eigenvalue weighted by Gasteiger charge is 2.28. The van der Waals surface area contributed by atoms with Gasteiger partial charge in [0.2, 0.25) is 6.29 Å². The van der Waals surface area contributed by atoms with E-state index in [-0.39, 0.29) is 5.91 Å². The van der Waals surface area contributed by atoms with Crippen molar-refractivity contribution in [2.45, 2.75) is 44.9 Å². The molecule has 0 aromatic rings. The Balaban J connectivity index is 1.76. The molecule has 2 rings (SSSR count). The molecule has 2 unspecified atom stereocenters. The van der Waals surface area contributed by atoms with Crippen LogP contribution in [-0.4, -0.2) is 31.5 Å². The van der Waals surface area contributed by atoms with Crippen molar-refractivity contribution >= 4 is 5.91 Å². The molecule has 1 aliphatic heterocycles. The first kappa shape index (κ1) is 10.9. The van der Waals surface area contributed by atoms with E-state index < -0.39 is 6.29 Å². The van der Waals surface area contributed by atoms with E-state index in [4.69, 9.17) is 9.47 Å². The number of rotatable bonds is 2. The Kier molecular flexibility index (Phi) is 3.59. The maximum atomic E-state index is 11.7. The van der Waals surface area contributed by atoms with E-state index in [0.717, 1.165) is 25.2 Å². The van der Waals surface area contributed by atoms with Crippen molar-refractivity contribution in [1.82, 2.24) is 5.32 Å². The summed E-state index contributed by atoms with van der Waals surface area (Å²) in [7, 11) is 0. The lowest BCUT2D eigenvalue weighted by atomic mass is 10.1. The molecule has 1 saturated carbocycles. The second-order valence-electron chi connectivity index (χ2n) is 4.55. The fourth-order valence-electron chi connectivity index (χ4n) is 2.25. The highest BCUT2D eigenvalue weighted by Crippen LogP contribution is 2.24. The van der Waals surface area contributed by atoms with Gasteiger partial charge in [-0.1, -0.05) is 6.92 Å². The van der Waals surface area contributed by atoms with E-state index >= 15 is 0 Å². The van der Waals surface area contributed by atoms with Crippen LogP contribution in [0, 0.1) is 5.92 Å². The Morgan fingerprint density at radius 1 is 1.27 bits per heavy atom. The molecule has 0 radical (unpaired) electrons. The molecule has 0 spiro atoms. The number of carbonyl (C=O) groups excluding carboxylic acids is 1. The number of hydrogen-bond donors (Lipinski definition) is 1. The second kappa shape index (κ2) is 4.94. The average Bonchev–Trinajstić information content (AvgIpc) is 2.65. The van der Waals surface area contributed by atoms with Crippen LogP contribution in [0.2, 0.25) is 0 Å². The molecule has 1 saturated heterocycles. The van der Waals surface area contributed by atoms with Crippen molar-refractivity contribution in [3.63, 3.8) is 0 Å². The van der Waals surface area contributed by atoms with Gasteiger partial charge in [0.15, 0.2) is 0 Å². The molecular formula is C11H19NO3. The van der Waals surface area contributed by atoms with E-state index in [1.807, 2.05) is 0 Å². The predicted octanol–water partition coefficient (Wildman–Crippen LogP) is 1.05. The zero-order valence-corrected chi connectivity index (χ0v) is 9.20. The van der Waals surface area contributed by atoms with Gasteiger partial charge < -0.3 is 14.8 Å². The largest absolute Gasteiger partial charge is 0.349 e. The van der Waals surface area contributed by atoms with Crippen molar-refractivity contribution in [1.29, 1.82) is 0 Å². The summed E-state index contributed by atoms with van der Waals surface area (Å²) in [5.74, 6) is 0.622. The number of hydrogen-bond acceptors (Lipinski definition) is 3. The molecule has 15 heavy (non-hydrogen) atoms. The third-order valence-corrected chi connectivity index (χ3v) is 3.08. The Morgan fingerprint density at radius 3 is 2.60 bits per heavy atom. The third kappa shape index (κ3) is 2.92. The van der Waals surface area contributed by atoms with E-state index in [0.29, 0.717) is 19.3 Å². The maximum Gasteiger partial charge on any atom is 0.277 e. The molecule has 0 aromatic heterocycles. The number of amides is 1. The third-order valence-electron chi connectivity index (χ3n) is 3.08. The van der Waals surface area contributed by atoms with Crippen LogP contribution >= 0.6 is 0 Å². The lowest BCUT2D eigenvalue weighted by Gasteiger charge is -2.23. The van der Waals surface area contributed by atoms with Crippen LogP contribution in [0.4, 0.5) is 0 Å². The van der Waals surface area contributed by atoms with Crippen molar-refractivity contribution in [2.24, 2.45) is 5.92 Å². The Hall–Kier alpha value is -0.610. The van der Waals surface area contributed by atoms with Gasteiger partial charge in [-0.3, -0.25) is 4.79 Å². The maximum absolute atomic E-state index is 11.7. The van der Waals surface area contributed by atoms with Gasteiger partial charge in [0.05, 0.1) is 13.2 Å². The van der Waals surface area contributed by atoms with Crippen LogP contribution in [0.3, 0.4) is 0 Å². The molecule has 2 fully saturated rings. The van der Waals surface area contributed by atoms with Gasteiger partial charge in [0, 0.05) is 6.04 Å². The molecule has 1 aliphatic carbocycles. The minimum atomic E-state index is -0.672. The van der Waals surface area contributed by atoms with Gasteiger partial charge in [0.25, 0.3) is 5.91 Å². The topological polar surface area (TPSA) is 47.6 Å². The summed E-state index contributed by atoms with van der Waals surface area (Å²) in [5, 5.41) is 2.99. The molecule has 1 N–H and O–H groups in total. The Morgan fingerprint density at radius 2 is 2.00 bits per heavy atom. The zero-order valence-electron chi connectivity index (χ0n) is 9.20. The fourth-order valence-corrected chi connectivity index (χ4v) is 2.25. The quantitative estimate of drug-likeness (QED) is 0.746. The summed E-state index contributed by atoms with van der Waals surface area (Å²) in [6.45, 7) is 3.47. The standard InChI is InChI=1S/C11H19NO3/c1-8-3-4-9(7-8)12-10(13)11-14-5-2-6-15-11/h8-9,11H,2-7H2,1H3,(H,12,13). The van der Waals surface area contributed by atoms with Gasteiger partial charge >= 0.3 is 0 Å². The van der Waals surface area contributed by atoms with Gasteiger partial charge in [0.1, 0.15) is 0 Å². The van der Waals surface area contributed by atoms with Crippen LogP contribution in [0.1, 0.15) is 32.6 Å². The van der Waals surface area contributed by atoms with Crippen LogP contribution in [0.5, 0.6) is 0 Å². The molecule has 1 amide bonds. The lowest BCUT2D eigenvalue weighted by Crippen LogP contribution is -2.44. The fraction of sp³-hybridized carbons (Fsp3) is 0.909. The SMILES string of the molecule is CC1CCC(NC(=O)C2OCCCO2)C1. The number of nitrogens with one attached hydrogen (secondary N) is 1. The van der Waals surface area contributed by atoms with Gasteiger partial charge in [-0.2, -0.15) is 0 Å². The van der Waals surface area contributed by atoms with Crippen molar-refractivity contribution in [3.05, 3.63) is 0 Å². The predicted molar refractivity (Wildman–Crippen MR) is 55.3 cm³/mol. The molecule has 0 aromatic carbocycles. The smallest absolute Gasteiger partial charge is 0.277 e.